The van der Waals surface area contributed by atoms with Crippen molar-refractivity contribution in [1.29, 1.82) is 0 Å². The van der Waals surface area contributed by atoms with E-state index in [0.717, 1.165) is 0 Å². The van der Waals surface area contributed by atoms with Gasteiger partial charge < -0.3 is 38.9 Å². The minimum Gasteiger partial charge on any atom is -0.370 e. The van der Waals surface area contributed by atoms with Crippen molar-refractivity contribution in [3.05, 3.63) is 0 Å². The molecule has 0 aliphatic rings. The Balaban J connectivity index is 4.97. The zero-order chi connectivity index (χ0) is 21.1. The second-order valence-electron chi connectivity index (χ2n) is 6.16. The summed E-state index contributed by atoms with van der Waals surface area (Å²) in [6.07, 6.45) is 0.593. The van der Waals surface area contributed by atoms with E-state index >= 15 is 0 Å². The third-order valence-electron chi connectivity index (χ3n) is 3.53. The normalized spacial score (nSPS) is 14.8. The van der Waals surface area contributed by atoms with Crippen LogP contribution in [0.1, 0.15) is 33.6 Å². The molecule has 11 N–H and O–H groups in total. The molecule has 0 aromatic rings. The number of nitrogens with zero attached hydrogens (tertiary/aromatic N) is 1. The van der Waals surface area contributed by atoms with Gasteiger partial charge in [-0.15, -0.1) is 0 Å². The highest BCUT2D eigenvalue weighted by atomic mass is 16.2. The summed E-state index contributed by atoms with van der Waals surface area (Å²) in [5, 5.41) is 7.36. The zero-order valence-corrected chi connectivity index (χ0v) is 15.8. The van der Waals surface area contributed by atoms with Crippen molar-refractivity contribution < 1.29 is 19.2 Å². The van der Waals surface area contributed by atoms with Crippen molar-refractivity contribution >= 4 is 29.6 Å². The molecule has 12 heteroatoms. The fourth-order valence-electron chi connectivity index (χ4n) is 1.86. The van der Waals surface area contributed by atoms with Crippen LogP contribution in [0.25, 0.3) is 0 Å². The Morgan fingerprint density at radius 2 is 1.41 bits per heavy atom. The monoisotopic (exact) mass is 386 g/mol. The van der Waals surface area contributed by atoms with Gasteiger partial charge in [0.2, 0.25) is 23.6 Å². The Bertz CT molecular complexity index is 574. The molecule has 0 saturated heterocycles. The minimum atomic E-state index is -0.969. The molecule has 0 unspecified atom stereocenters. The summed E-state index contributed by atoms with van der Waals surface area (Å²) in [7, 11) is 0. The minimum absolute atomic E-state index is 0.0883. The van der Waals surface area contributed by atoms with E-state index in [-0.39, 0.29) is 18.9 Å². The van der Waals surface area contributed by atoms with Gasteiger partial charge in [0.05, 0.1) is 6.04 Å². The summed E-state index contributed by atoms with van der Waals surface area (Å²) in [6.45, 7) is 4.61. The van der Waals surface area contributed by atoms with Gasteiger partial charge in [0, 0.05) is 6.54 Å². The van der Waals surface area contributed by atoms with E-state index < -0.39 is 47.8 Å². The lowest BCUT2D eigenvalue weighted by Gasteiger charge is -2.22. The fraction of sp³-hybridized carbons (Fsp3) is 0.667. The Hall–Kier alpha value is -2.89. The lowest BCUT2D eigenvalue weighted by molar-refractivity contribution is -0.133. The van der Waals surface area contributed by atoms with Crippen molar-refractivity contribution in [3.63, 3.8) is 0 Å². The van der Waals surface area contributed by atoms with Crippen molar-refractivity contribution in [2.24, 2.45) is 27.9 Å². The smallest absolute Gasteiger partial charge is 0.243 e. The molecule has 0 aromatic heterocycles. The molecule has 0 aliphatic carbocycles. The maximum absolute atomic E-state index is 12.3. The molecule has 0 aliphatic heterocycles. The highest BCUT2D eigenvalue weighted by molar-refractivity contribution is 5.94. The summed E-state index contributed by atoms with van der Waals surface area (Å²) in [4.78, 5) is 51.1. The summed E-state index contributed by atoms with van der Waals surface area (Å²) in [5.41, 5.74) is 21.0. The van der Waals surface area contributed by atoms with Crippen molar-refractivity contribution in [3.8, 4) is 0 Å². The van der Waals surface area contributed by atoms with Crippen LogP contribution in [-0.2, 0) is 19.2 Å². The summed E-state index contributed by atoms with van der Waals surface area (Å²) in [5.74, 6) is -2.49. The molecular formula is C15H30N8O4. The number of rotatable bonds is 11. The predicted octanol–water partition coefficient (Wildman–Crippen LogP) is -3.63. The molecule has 154 valence electrons. The van der Waals surface area contributed by atoms with Crippen LogP contribution in [0, 0.1) is 0 Å². The van der Waals surface area contributed by atoms with E-state index in [0.29, 0.717) is 6.42 Å². The van der Waals surface area contributed by atoms with Crippen molar-refractivity contribution in [1.82, 2.24) is 16.0 Å². The van der Waals surface area contributed by atoms with Crippen LogP contribution in [0.3, 0.4) is 0 Å². The second-order valence-corrected chi connectivity index (χ2v) is 6.16. The maximum atomic E-state index is 12.3. The molecule has 12 nitrogen and oxygen atoms in total. The molecule has 0 bridgehead atoms. The van der Waals surface area contributed by atoms with E-state index in [2.05, 4.69) is 20.9 Å². The molecule has 0 heterocycles. The Morgan fingerprint density at radius 1 is 0.852 bits per heavy atom. The highest BCUT2D eigenvalue weighted by Gasteiger charge is 2.26. The second kappa shape index (κ2) is 11.7. The summed E-state index contributed by atoms with van der Waals surface area (Å²) >= 11 is 0. The van der Waals surface area contributed by atoms with Gasteiger partial charge in [-0.2, -0.15) is 0 Å². The molecular weight excluding hydrogens is 356 g/mol. The van der Waals surface area contributed by atoms with E-state index in [1.54, 1.807) is 0 Å². The zero-order valence-electron chi connectivity index (χ0n) is 15.8. The molecule has 0 aromatic carbocycles. The Morgan fingerprint density at radius 3 is 1.89 bits per heavy atom. The van der Waals surface area contributed by atoms with Gasteiger partial charge in [-0.25, -0.2) is 0 Å². The largest absolute Gasteiger partial charge is 0.370 e. The van der Waals surface area contributed by atoms with Gasteiger partial charge in [0.25, 0.3) is 0 Å². The quantitative estimate of drug-likeness (QED) is 0.107. The molecule has 27 heavy (non-hydrogen) atoms. The van der Waals surface area contributed by atoms with Gasteiger partial charge in [-0.1, -0.05) is 0 Å². The number of nitrogens with two attached hydrogens (primary N) is 4. The topological polar surface area (TPSA) is 221 Å². The lowest BCUT2D eigenvalue weighted by atomic mass is 10.1. The van der Waals surface area contributed by atoms with Gasteiger partial charge in [0.15, 0.2) is 5.96 Å². The van der Waals surface area contributed by atoms with Crippen LogP contribution < -0.4 is 38.9 Å². The van der Waals surface area contributed by atoms with Crippen LogP contribution in [0.5, 0.6) is 0 Å². The number of aliphatic imine (C=N–C) groups is 1. The van der Waals surface area contributed by atoms with Crippen LogP contribution in [0.15, 0.2) is 4.99 Å². The van der Waals surface area contributed by atoms with E-state index in [1.807, 2.05) is 0 Å². The molecule has 4 atom stereocenters. The van der Waals surface area contributed by atoms with Crippen LogP contribution in [0.2, 0.25) is 0 Å². The van der Waals surface area contributed by atoms with Crippen molar-refractivity contribution in [2.75, 3.05) is 6.54 Å². The number of nitrogens with one attached hydrogen (secondary N) is 3. The Labute approximate surface area is 157 Å². The van der Waals surface area contributed by atoms with Crippen LogP contribution in [-0.4, -0.2) is 60.3 Å². The number of carbonyl (C=O) groups excluding carboxylic acids is 4. The highest BCUT2D eigenvalue weighted by Crippen LogP contribution is 2.01. The standard InChI is InChI=1S/C15H30N8O4/c1-7(16)12(25)22-9(3)13(26)23-10(5-4-6-20-15(18)19)14(27)21-8(2)11(17)24/h7-10H,4-6,16H2,1-3H3,(H2,17,24)(H,21,27)(H,22,25)(H,23,26)(H4,18,19,20)/t7-,8-,9-,10-/m0/s1. The molecule has 4 amide bonds. The number of hydrogen-bond donors (Lipinski definition) is 7. The number of primary amides is 1. The first kappa shape index (κ1) is 24.1. The molecule has 0 saturated carbocycles. The average molecular weight is 386 g/mol. The van der Waals surface area contributed by atoms with Crippen LogP contribution in [0.4, 0.5) is 0 Å². The summed E-state index contributed by atoms with van der Waals surface area (Å²) < 4.78 is 0. The average Bonchev–Trinajstić information content (AvgIpc) is 2.56. The third-order valence-corrected chi connectivity index (χ3v) is 3.53. The SMILES string of the molecule is C[C@H](N)C(=O)N[C@@H](C)C(=O)N[C@@H](CCCN=C(N)N)C(=O)N[C@@H](C)C(N)=O. The number of amides is 4. The van der Waals surface area contributed by atoms with E-state index in [1.165, 1.54) is 20.8 Å². The number of guanidine groups is 1. The molecule has 0 spiro atoms. The molecule has 0 radical (unpaired) electrons. The van der Waals surface area contributed by atoms with Gasteiger partial charge in [0.1, 0.15) is 18.1 Å². The first-order chi connectivity index (χ1) is 12.5. The predicted molar refractivity (Wildman–Crippen MR) is 99.9 cm³/mol. The van der Waals surface area contributed by atoms with Gasteiger partial charge >= 0.3 is 0 Å². The third kappa shape index (κ3) is 9.99. The fourth-order valence-corrected chi connectivity index (χ4v) is 1.86. The van der Waals surface area contributed by atoms with Crippen molar-refractivity contribution in [2.45, 2.75) is 57.8 Å². The first-order valence-corrected chi connectivity index (χ1v) is 8.47. The number of carbonyl (C=O) groups is 4. The molecule has 0 fully saturated rings. The van der Waals surface area contributed by atoms with Gasteiger partial charge in [-0.05, 0) is 33.6 Å². The van der Waals surface area contributed by atoms with E-state index in [9.17, 15) is 19.2 Å². The van der Waals surface area contributed by atoms with Crippen LogP contribution >= 0.6 is 0 Å². The lowest BCUT2D eigenvalue weighted by Crippen LogP contribution is -2.56. The summed E-state index contributed by atoms with van der Waals surface area (Å²) in [6, 6.07) is -3.58. The van der Waals surface area contributed by atoms with Gasteiger partial charge in [-0.3, -0.25) is 24.2 Å². The Kier molecular flexibility index (Phi) is 10.4. The first-order valence-electron chi connectivity index (χ1n) is 8.47. The van der Waals surface area contributed by atoms with E-state index in [4.69, 9.17) is 22.9 Å². The maximum Gasteiger partial charge on any atom is 0.243 e. The molecule has 0 rings (SSSR count). The number of hydrogen-bond acceptors (Lipinski definition) is 6.